The van der Waals surface area contributed by atoms with E-state index in [0.29, 0.717) is 24.5 Å². The zero-order valence-electron chi connectivity index (χ0n) is 18.0. The standard InChI is InChI=1S/C23H22F3N5O2/c1-14-29-20(27-2)10-21(30-14)31-12-17-8-7-15(9-18(17)13-31)22(32)28-11-16-5-3-4-6-19(16)33-23(24,25)26/h3-10H,11-13H2,1-2H3,(H,28,32)(H,27,29,30). The molecule has 1 amide bonds. The van der Waals surface area contributed by atoms with E-state index in [9.17, 15) is 18.0 Å². The van der Waals surface area contributed by atoms with E-state index >= 15 is 0 Å². The van der Waals surface area contributed by atoms with Crippen molar-refractivity contribution >= 4 is 17.5 Å². The van der Waals surface area contributed by atoms with Crippen molar-refractivity contribution in [3.8, 4) is 5.75 Å². The quantitative estimate of drug-likeness (QED) is 0.578. The SMILES string of the molecule is CNc1cc(N2Cc3ccc(C(=O)NCc4ccccc4OC(F)(F)F)cc3C2)nc(C)n1. The maximum atomic E-state index is 12.7. The highest BCUT2D eigenvalue weighted by molar-refractivity contribution is 5.94. The minimum atomic E-state index is -4.80. The van der Waals surface area contributed by atoms with Crippen LogP contribution in [0.5, 0.6) is 5.75 Å². The fourth-order valence-corrected chi connectivity index (χ4v) is 3.69. The molecule has 0 aliphatic carbocycles. The molecular weight excluding hydrogens is 435 g/mol. The van der Waals surface area contributed by atoms with Crippen molar-refractivity contribution < 1.29 is 22.7 Å². The van der Waals surface area contributed by atoms with E-state index in [1.165, 1.54) is 18.2 Å². The molecule has 2 N–H and O–H groups in total. The minimum absolute atomic E-state index is 0.0959. The first-order valence-corrected chi connectivity index (χ1v) is 10.2. The number of nitrogens with one attached hydrogen (secondary N) is 2. The zero-order chi connectivity index (χ0) is 23.6. The molecule has 4 rings (SSSR count). The van der Waals surface area contributed by atoms with E-state index in [1.54, 1.807) is 25.2 Å². The molecule has 3 aromatic rings. The lowest BCUT2D eigenvalue weighted by Gasteiger charge is -2.17. The van der Waals surface area contributed by atoms with Crippen LogP contribution in [0, 0.1) is 6.92 Å². The van der Waals surface area contributed by atoms with Crippen molar-refractivity contribution in [2.24, 2.45) is 0 Å². The van der Waals surface area contributed by atoms with Crippen molar-refractivity contribution in [3.05, 3.63) is 76.6 Å². The van der Waals surface area contributed by atoms with Crippen LogP contribution in [0.15, 0.2) is 48.5 Å². The predicted molar refractivity (Wildman–Crippen MR) is 117 cm³/mol. The molecule has 0 saturated heterocycles. The third kappa shape index (κ3) is 5.33. The molecule has 1 aliphatic heterocycles. The topological polar surface area (TPSA) is 79.4 Å². The molecule has 0 bridgehead atoms. The van der Waals surface area contributed by atoms with Gasteiger partial charge in [-0.25, -0.2) is 9.97 Å². The van der Waals surface area contributed by atoms with Crippen molar-refractivity contribution in [2.45, 2.75) is 32.9 Å². The van der Waals surface area contributed by atoms with Crippen molar-refractivity contribution in [3.63, 3.8) is 0 Å². The van der Waals surface area contributed by atoms with Gasteiger partial charge in [-0.3, -0.25) is 4.79 Å². The average Bonchev–Trinajstić information content (AvgIpc) is 3.20. The zero-order valence-corrected chi connectivity index (χ0v) is 18.0. The molecule has 172 valence electrons. The van der Waals surface area contributed by atoms with Gasteiger partial charge in [0.15, 0.2) is 0 Å². The Morgan fingerprint density at radius 2 is 1.85 bits per heavy atom. The van der Waals surface area contributed by atoms with Crippen LogP contribution in [0.25, 0.3) is 0 Å². The Balaban J connectivity index is 1.45. The van der Waals surface area contributed by atoms with Gasteiger partial charge in [0, 0.05) is 43.9 Å². The van der Waals surface area contributed by atoms with Gasteiger partial charge in [0.2, 0.25) is 0 Å². The number of anilines is 2. The number of benzene rings is 2. The number of amides is 1. The van der Waals surface area contributed by atoms with E-state index in [1.807, 2.05) is 19.1 Å². The Morgan fingerprint density at radius 1 is 1.09 bits per heavy atom. The number of fused-ring (bicyclic) bond motifs is 1. The fourth-order valence-electron chi connectivity index (χ4n) is 3.69. The summed E-state index contributed by atoms with van der Waals surface area (Å²) in [6.07, 6.45) is -4.80. The number of carbonyl (C=O) groups is 1. The number of nitrogens with zero attached hydrogens (tertiary/aromatic N) is 3. The highest BCUT2D eigenvalue weighted by Gasteiger charge is 2.32. The predicted octanol–water partition coefficient (Wildman–Crippen LogP) is 4.18. The number of para-hydroxylation sites is 1. The molecule has 0 radical (unpaired) electrons. The smallest absolute Gasteiger partial charge is 0.405 e. The van der Waals surface area contributed by atoms with Gasteiger partial charge in [0.1, 0.15) is 23.2 Å². The second-order valence-electron chi connectivity index (χ2n) is 7.59. The van der Waals surface area contributed by atoms with Crippen LogP contribution < -0.4 is 20.3 Å². The number of alkyl halides is 3. The van der Waals surface area contributed by atoms with Crippen LogP contribution >= 0.6 is 0 Å². The summed E-state index contributed by atoms with van der Waals surface area (Å²) in [4.78, 5) is 23.6. The van der Waals surface area contributed by atoms with E-state index in [4.69, 9.17) is 0 Å². The first-order valence-electron chi connectivity index (χ1n) is 10.2. The summed E-state index contributed by atoms with van der Waals surface area (Å²) < 4.78 is 41.9. The maximum Gasteiger partial charge on any atom is 0.573 e. The number of aromatic nitrogens is 2. The molecule has 0 unspecified atom stereocenters. The summed E-state index contributed by atoms with van der Waals surface area (Å²) in [6.45, 7) is 2.96. The lowest BCUT2D eigenvalue weighted by atomic mass is 10.1. The third-order valence-electron chi connectivity index (χ3n) is 5.23. The van der Waals surface area contributed by atoms with Crippen LogP contribution in [0.2, 0.25) is 0 Å². The number of hydrogen-bond acceptors (Lipinski definition) is 6. The van der Waals surface area contributed by atoms with Crippen LogP contribution in [0.3, 0.4) is 0 Å². The minimum Gasteiger partial charge on any atom is -0.405 e. The molecule has 1 aromatic heterocycles. The van der Waals surface area contributed by atoms with Gasteiger partial charge < -0.3 is 20.3 Å². The summed E-state index contributed by atoms with van der Waals surface area (Å²) in [5.41, 5.74) is 2.73. The van der Waals surface area contributed by atoms with E-state index in [-0.39, 0.29) is 23.8 Å². The van der Waals surface area contributed by atoms with Crippen molar-refractivity contribution in [1.82, 2.24) is 15.3 Å². The van der Waals surface area contributed by atoms with Crippen LogP contribution in [-0.2, 0) is 19.6 Å². The van der Waals surface area contributed by atoms with Crippen LogP contribution in [0.4, 0.5) is 24.8 Å². The van der Waals surface area contributed by atoms with Gasteiger partial charge in [-0.2, -0.15) is 0 Å². The molecule has 2 heterocycles. The number of carbonyl (C=O) groups excluding carboxylic acids is 1. The summed E-state index contributed by atoms with van der Waals surface area (Å²) in [6, 6.07) is 13.0. The van der Waals surface area contributed by atoms with Gasteiger partial charge >= 0.3 is 6.36 Å². The summed E-state index contributed by atoms with van der Waals surface area (Å²) in [7, 11) is 1.79. The van der Waals surface area contributed by atoms with Crippen LogP contribution in [0.1, 0.15) is 32.9 Å². The molecule has 33 heavy (non-hydrogen) atoms. The Kier molecular flexibility index (Phi) is 6.08. The lowest BCUT2D eigenvalue weighted by molar-refractivity contribution is -0.274. The van der Waals surface area contributed by atoms with Crippen LogP contribution in [-0.4, -0.2) is 29.3 Å². The molecule has 7 nitrogen and oxygen atoms in total. The Bertz CT molecular complexity index is 1180. The fraction of sp³-hybridized carbons (Fsp3) is 0.261. The molecule has 0 atom stereocenters. The Morgan fingerprint density at radius 3 is 2.61 bits per heavy atom. The summed E-state index contributed by atoms with van der Waals surface area (Å²) in [5, 5.41) is 5.69. The average molecular weight is 457 g/mol. The number of aryl methyl sites for hydroxylation is 1. The highest BCUT2D eigenvalue weighted by Crippen LogP contribution is 2.29. The number of rotatable bonds is 6. The number of hydrogen-bond donors (Lipinski definition) is 2. The van der Waals surface area contributed by atoms with Gasteiger partial charge in [0.25, 0.3) is 5.91 Å². The van der Waals surface area contributed by atoms with Crippen molar-refractivity contribution in [1.29, 1.82) is 0 Å². The first-order chi connectivity index (χ1) is 15.7. The highest BCUT2D eigenvalue weighted by atomic mass is 19.4. The number of halogens is 3. The maximum absolute atomic E-state index is 12.7. The Labute approximate surface area is 188 Å². The summed E-state index contributed by atoms with van der Waals surface area (Å²) in [5.74, 6) is 1.45. The second kappa shape index (κ2) is 8.97. The molecule has 0 spiro atoms. The van der Waals surface area contributed by atoms with Gasteiger partial charge in [-0.1, -0.05) is 24.3 Å². The monoisotopic (exact) mass is 457 g/mol. The molecule has 0 saturated carbocycles. The summed E-state index contributed by atoms with van der Waals surface area (Å²) >= 11 is 0. The van der Waals surface area contributed by atoms with Gasteiger partial charge in [0.05, 0.1) is 0 Å². The number of ether oxygens (including phenoxy) is 1. The lowest BCUT2D eigenvalue weighted by Crippen LogP contribution is -2.24. The molecular formula is C23H22F3N5O2. The normalized spacial score (nSPS) is 12.9. The molecule has 1 aliphatic rings. The van der Waals surface area contributed by atoms with E-state index < -0.39 is 6.36 Å². The Hall–Kier alpha value is -3.82. The molecule has 10 heteroatoms. The van der Waals surface area contributed by atoms with E-state index in [0.717, 1.165) is 22.8 Å². The second-order valence-corrected chi connectivity index (χ2v) is 7.59. The van der Waals surface area contributed by atoms with E-state index in [2.05, 4.69) is 30.2 Å². The largest absolute Gasteiger partial charge is 0.573 e. The third-order valence-corrected chi connectivity index (χ3v) is 5.23. The van der Waals surface area contributed by atoms with Crippen molar-refractivity contribution in [2.75, 3.05) is 17.3 Å². The van der Waals surface area contributed by atoms with Gasteiger partial charge in [-0.15, -0.1) is 13.2 Å². The molecule has 2 aromatic carbocycles. The van der Waals surface area contributed by atoms with Gasteiger partial charge in [-0.05, 0) is 36.2 Å². The molecule has 0 fully saturated rings. The first kappa shape index (κ1) is 22.4.